The molecule has 0 bridgehead atoms. The lowest BCUT2D eigenvalue weighted by atomic mass is 10.7. The summed E-state index contributed by atoms with van der Waals surface area (Å²) in [7, 11) is 1.05. The Balaban J connectivity index is 3.05. The fraction of sp³-hybridized carbons (Fsp3) is 1.00. The van der Waals surface area contributed by atoms with E-state index in [4.69, 9.17) is 5.84 Å². The number of rotatable bonds is 3. The van der Waals surface area contributed by atoms with Crippen LogP contribution in [0.5, 0.6) is 0 Å². The van der Waals surface area contributed by atoms with Crippen LogP contribution in [-0.4, -0.2) is 34.8 Å². The molecule has 0 fully saturated rings. The standard InChI is InChI=1S/C4H12N2OS/c1-6(5)3-4-8(2)7/h3-5H2,1-2H3. The molecule has 0 spiro atoms. The van der Waals surface area contributed by atoms with Gasteiger partial charge in [0.25, 0.3) is 0 Å². The maximum Gasteiger partial charge on any atom is 0.0373 e. The lowest BCUT2D eigenvalue weighted by molar-refractivity contribution is 0.372. The van der Waals surface area contributed by atoms with Gasteiger partial charge in [-0.25, -0.2) is 5.01 Å². The molecule has 0 aromatic rings. The predicted molar refractivity (Wildman–Crippen MR) is 35.8 cm³/mol. The lowest BCUT2D eigenvalue weighted by Crippen LogP contribution is -2.29. The molecule has 0 aliphatic heterocycles. The highest BCUT2D eigenvalue weighted by atomic mass is 32.2. The van der Waals surface area contributed by atoms with Crippen molar-refractivity contribution in [3.05, 3.63) is 0 Å². The second kappa shape index (κ2) is 4.00. The number of nitrogens with two attached hydrogens (primary N) is 1. The third-order valence-electron chi connectivity index (χ3n) is 0.731. The molecule has 0 rings (SSSR count). The molecule has 50 valence electrons. The third kappa shape index (κ3) is 6.07. The van der Waals surface area contributed by atoms with Crippen molar-refractivity contribution in [2.24, 2.45) is 5.84 Å². The molecule has 2 N–H and O–H groups in total. The lowest BCUT2D eigenvalue weighted by Gasteiger charge is -2.05. The first-order valence-corrected chi connectivity index (χ1v) is 4.11. The van der Waals surface area contributed by atoms with E-state index in [0.717, 1.165) is 0 Å². The van der Waals surface area contributed by atoms with E-state index < -0.39 is 10.8 Å². The fourth-order valence-corrected chi connectivity index (χ4v) is 0.818. The zero-order chi connectivity index (χ0) is 6.57. The largest absolute Gasteiger partial charge is 0.269 e. The average molecular weight is 136 g/mol. The van der Waals surface area contributed by atoms with E-state index in [1.807, 2.05) is 0 Å². The van der Waals surface area contributed by atoms with Gasteiger partial charge < -0.3 is 0 Å². The molecule has 1 unspecified atom stereocenters. The van der Waals surface area contributed by atoms with Gasteiger partial charge in [-0.1, -0.05) is 0 Å². The number of nitrogens with zero attached hydrogens (tertiary/aromatic N) is 1. The Kier molecular flexibility index (Phi) is 4.03. The van der Waals surface area contributed by atoms with Crippen LogP contribution in [0.1, 0.15) is 0 Å². The van der Waals surface area contributed by atoms with Gasteiger partial charge in [-0.05, 0) is 0 Å². The summed E-state index contributed by atoms with van der Waals surface area (Å²) in [6.45, 7) is 0.698. The molecule has 1 atom stereocenters. The van der Waals surface area contributed by atoms with Crippen molar-refractivity contribution in [2.45, 2.75) is 0 Å². The molecular weight excluding hydrogens is 124 g/mol. The zero-order valence-electron chi connectivity index (χ0n) is 5.26. The monoisotopic (exact) mass is 136 g/mol. The second-order valence-corrected chi connectivity index (χ2v) is 3.31. The van der Waals surface area contributed by atoms with Crippen LogP contribution < -0.4 is 5.84 Å². The number of hydrogen-bond acceptors (Lipinski definition) is 3. The number of hydrogen-bond donors (Lipinski definition) is 1. The Bertz CT molecular complexity index is 84.1. The summed E-state index contributed by atoms with van der Waals surface area (Å²) in [6.07, 6.45) is 1.67. The van der Waals surface area contributed by atoms with Crippen LogP contribution in [0.25, 0.3) is 0 Å². The molecular formula is C4H12N2OS. The predicted octanol–water partition coefficient (Wildman–Crippen LogP) is -0.830. The smallest absolute Gasteiger partial charge is 0.0373 e. The van der Waals surface area contributed by atoms with E-state index in [0.29, 0.717) is 12.3 Å². The average Bonchev–Trinajstić information content (AvgIpc) is 1.61. The highest BCUT2D eigenvalue weighted by Gasteiger charge is 1.91. The van der Waals surface area contributed by atoms with Crippen LogP contribution in [0, 0.1) is 0 Å². The van der Waals surface area contributed by atoms with Crippen LogP contribution in [0.3, 0.4) is 0 Å². The molecule has 0 heterocycles. The Morgan fingerprint density at radius 1 is 1.75 bits per heavy atom. The minimum absolute atomic E-state index is 0.660. The quantitative estimate of drug-likeness (QED) is 0.407. The Morgan fingerprint density at radius 3 is 2.38 bits per heavy atom. The molecule has 0 aliphatic rings. The Hall–Kier alpha value is 0.0700. The van der Waals surface area contributed by atoms with Crippen LogP contribution >= 0.6 is 0 Å². The van der Waals surface area contributed by atoms with Crippen molar-refractivity contribution >= 4 is 10.8 Å². The fourth-order valence-electron chi connectivity index (χ4n) is 0.273. The van der Waals surface area contributed by atoms with Crippen LogP contribution in [-0.2, 0) is 10.8 Å². The zero-order valence-corrected chi connectivity index (χ0v) is 6.07. The van der Waals surface area contributed by atoms with Gasteiger partial charge in [-0.3, -0.25) is 10.1 Å². The van der Waals surface area contributed by atoms with E-state index in [2.05, 4.69) is 0 Å². The van der Waals surface area contributed by atoms with Crippen LogP contribution in [0.15, 0.2) is 0 Å². The first-order chi connectivity index (χ1) is 3.63. The molecule has 4 heteroatoms. The third-order valence-corrected chi connectivity index (χ3v) is 1.49. The van der Waals surface area contributed by atoms with E-state index >= 15 is 0 Å². The maximum atomic E-state index is 10.4. The summed E-state index contributed by atoms with van der Waals surface area (Å²) in [5.41, 5.74) is 0. The molecule has 0 radical (unpaired) electrons. The first-order valence-electron chi connectivity index (χ1n) is 2.39. The summed E-state index contributed by atoms with van der Waals surface area (Å²) in [6, 6.07) is 0. The van der Waals surface area contributed by atoms with Gasteiger partial charge in [-0.2, -0.15) is 0 Å². The van der Waals surface area contributed by atoms with E-state index in [1.165, 1.54) is 5.01 Å². The maximum absolute atomic E-state index is 10.4. The van der Waals surface area contributed by atoms with Crippen molar-refractivity contribution in [3.8, 4) is 0 Å². The van der Waals surface area contributed by atoms with Gasteiger partial charge in [0.1, 0.15) is 0 Å². The van der Waals surface area contributed by atoms with Crippen molar-refractivity contribution in [1.82, 2.24) is 5.01 Å². The van der Waals surface area contributed by atoms with Gasteiger partial charge in [0, 0.05) is 36.4 Å². The normalized spacial score (nSPS) is 14.5. The first kappa shape index (κ1) is 8.07. The second-order valence-electron chi connectivity index (χ2n) is 1.76. The SMILES string of the molecule is CN(N)CCS(C)=O. The summed E-state index contributed by atoms with van der Waals surface area (Å²) in [5.74, 6) is 5.90. The summed E-state index contributed by atoms with van der Waals surface area (Å²) in [5, 5.41) is 1.53. The molecule has 0 amide bonds. The molecule has 0 aromatic heterocycles. The molecule has 0 saturated heterocycles. The summed E-state index contributed by atoms with van der Waals surface area (Å²) < 4.78 is 10.4. The van der Waals surface area contributed by atoms with Gasteiger partial charge in [0.2, 0.25) is 0 Å². The minimum Gasteiger partial charge on any atom is -0.269 e. The van der Waals surface area contributed by atoms with Crippen molar-refractivity contribution in [2.75, 3.05) is 25.6 Å². The van der Waals surface area contributed by atoms with Gasteiger partial charge in [0.15, 0.2) is 0 Å². The Morgan fingerprint density at radius 2 is 2.25 bits per heavy atom. The van der Waals surface area contributed by atoms with Crippen LogP contribution in [0.2, 0.25) is 0 Å². The van der Waals surface area contributed by atoms with Crippen molar-refractivity contribution < 1.29 is 4.21 Å². The van der Waals surface area contributed by atoms with Gasteiger partial charge in [0.05, 0.1) is 0 Å². The van der Waals surface area contributed by atoms with Crippen LogP contribution in [0.4, 0.5) is 0 Å². The topological polar surface area (TPSA) is 46.3 Å². The van der Waals surface area contributed by atoms with Crippen molar-refractivity contribution in [1.29, 1.82) is 0 Å². The molecule has 0 saturated carbocycles. The van der Waals surface area contributed by atoms with Gasteiger partial charge >= 0.3 is 0 Å². The van der Waals surface area contributed by atoms with Crippen molar-refractivity contribution in [3.63, 3.8) is 0 Å². The molecule has 0 aliphatic carbocycles. The number of hydrazine groups is 1. The van der Waals surface area contributed by atoms with Gasteiger partial charge in [-0.15, -0.1) is 0 Å². The highest BCUT2D eigenvalue weighted by molar-refractivity contribution is 7.84. The highest BCUT2D eigenvalue weighted by Crippen LogP contribution is 1.74. The Labute approximate surface area is 52.3 Å². The molecule has 3 nitrogen and oxygen atoms in total. The summed E-state index contributed by atoms with van der Waals surface area (Å²) in [4.78, 5) is 0. The minimum atomic E-state index is -0.708. The van der Waals surface area contributed by atoms with E-state index in [-0.39, 0.29) is 0 Å². The van der Waals surface area contributed by atoms with E-state index in [9.17, 15) is 4.21 Å². The van der Waals surface area contributed by atoms with E-state index in [1.54, 1.807) is 13.3 Å². The molecule has 0 aromatic carbocycles. The molecule has 8 heavy (non-hydrogen) atoms. The summed E-state index contributed by atoms with van der Waals surface area (Å²) >= 11 is 0.